The molecule has 0 radical (unpaired) electrons. The minimum atomic E-state index is -1.14. The van der Waals surface area contributed by atoms with E-state index in [0.717, 1.165) is 50.5 Å². The summed E-state index contributed by atoms with van der Waals surface area (Å²) in [7, 11) is 0. The number of aliphatic hydroxyl groups is 3. The van der Waals surface area contributed by atoms with E-state index in [1.165, 1.54) is 31.3 Å². The Balaban J connectivity index is 1.83. The zero-order chi connectivity index (χ0) is 27.6. The van der Waals surface area contributed by atoms with E-state index in [1.807, 2.05) is 27.7 Å². The van der Waals surface area contributed by atoms with Crippen LogP contribution in [0.2, 0.25) is 0 Å². The van der Waals surface area contributed by atoms with Crippen LogP contribution in [0.25, 0.3) is 0 Å². The Bertz CT molecular complexity index is 838. The minimum absolute atomic E-state index is 0.161. The highest BCUT2D eigenvalue weighted by Crippen LogP contribution is 2.64. The summed E-state index contributed by atoms with van der Waals surface area (Å²) in [5, 5.41) is 30.8. The molecule has 3 nitrogen and oxygen atoms in total. The second-order valence-corrected chi connectivity index (χ2v) is 14.5. The molecule has 0 bridgehead atoms. The lowest BCUT2D eigenvalue weighted by atomic mass is 9.55. The van der Waals surface area contributed by atoms with Gasteiger partial charge in [-0.05, 0) is 126 Å². The van der Waals surface area contributed by atoms with Crippen molar-refractivity contribution in [3.05, 3.63) is 35.5 Å². The van der Waals surface area contributed by atoms with Crippen molar-refractivity contribution in [3.8, 4) is 0 Å². The number of halogens is 1. The third kappa shape index (κ3) is 7.79. The Labute approximate surface area is 226 Å². The summed E-state index contributed by atoms with van der Waals surface area (Å²) in [6.45, 7) is 16.6. The molecule has 0 amide bonds. The predicted octanol–water partition coefficient (Wildman–Crippen LogP) is 7.99. The monoisotopic (exact) mass is 518 g/mol. The fourth-order valence-electron chi connectivity index (χ4n) is 8.14. The van der Waals surface area contributed by atoms with E-state index < -0.39 is 23.5 Å². The molecule has 3 rings (SSSR count). The number of allylic oxidation sites excluding steroid dienone is 4. The molecule has 3 N–H and O–H groups in total. The lowest BCUT2D eigenvalue weighted by Gasteiger charge is -2.50. The molecule has 4 heteroatoms. The summed E-state index contributed by atoms with van der Waals surface area (Å²) in [4.78, 5) is 0. The van der Waals surface area contributed by atoms with E-state index >= 15 is 0 Å². The van der Waals surface area contributed by atoms with Crippen molar-refractivity contribution < 1.29 is 19.7 Å². The van der Waals surface area contributed by atoms with Gasteiger partial charge in [-0.2, -0.15) is 0 Å². The smallest absolute Gasteiger partial charge is 0.127 e. The van der Waals surface area contributed by atoms with Gasteiger partial charge in [0.05, 0.1) is 17.3 Å². The van der Waals surface area contributed by atoms with Crippen molar-refractivity contribution >= 4 is 0 Å². The third-order valence-corrected chi connectivity index (χ3v) is 10.1. The molecule has 3 unspecified atom stereocenters. The van der Waals surface area contributed by atoms with Crippen LogP contribution in [0.4, 0.5) is 4.39 Å². The maximum absolute atomic E-state index is 14.3. The number of aliphatic hydroxyl groups excluding tert-OH is 1. The number of hydrogen-bond acceptors (Lipinski definition) is 3. The summed E-state index contributed by atoms with van der Waals surface area (Å²) in [5.74, 6) is 1.14. The molecule has 0 heterocycles. The van der Waals surface area contributed by atoms with Crippen LogP contribution >= 0.6 is 0 Å². The Morgan fingerprint density at radius 3 is 2.14 bits per heavy atom. The van der Waals surface area contributed by atoms with Gasteiger partial charge in [-0.25, -0.2) is 4.39 Å². The summed E-state index contributed by atoms with van der Waals surface area (Å²) in [6.07, 6.45) is 15.0. The normalized spacial score (nSPS) is 33.8. The van der Waals surface area contributed by atoms with Crippen LogP contribution in [0.5, 0.6) is 0 Å². The molecule has 0 aromatic carbocycles. The second-order valence-electron chi connectivity index (χ2n) is 14.5. The van der Waals surface area contributed by atoms with Crippen molar-refractivity contribution in [2.45, 2.75) is 148 Å². The van der Waals surface area contributed by atoms with Crippen molar-refractivity contribution in [1.29, 1.82) is 0 Å². The van der Waals surface area contributed by atoms with Crippen LogP contribution in [-0.2, 0) is 0 Å². The van der Waals surface area contributed by atoms with Crippen molar-refractivity contribution in [2.75, 3.05) is 0 Å². The lowest BCUT2D eigenvalue weighted by molar-refractivity contribution is 0.00528. The molecule has 37 heavy (non-hydrogen) atoms. The first-order valence-electron chi connectivity index (χ1n) is 14.9. The average Bonchev–Trinajstić information content (AvgIpc) is 3.11. The molecule has 0 aromatic heterocycles. The van der Waals surface area contributed by atoms with Crippen molar-refractivity contribution in [3.63, 3.8) is 0 Å². The summed E-state index contributed by atoms with van der Waals surface area (Å²) < 4.78 is 14.3. The summed E-state index contributed by atoms with van der Waals surface area (Å²) in [5.41, 5.74) is 2.01. The fraction of sp³-hybridized carbons (Fsp3) is 0.818. The average molecular weight is 519 g/mol. The largest absolute Gasteiger partial charge is 0.393 e. The third-order valence-electron chi connectivity index (χ3n) is 10.1. The molecule has 0 aromatic rings. The second kappa shape index (κ2) is 11.6. The highest BCUT2D eigenvalue weighted by molar-refractivity contribution is 5.38. The number of rotatable bonds is 10. The van der Waals surface area contributed by atoms with Gasteiger partial charge in [0, 0.05) is 6.42 Å². The summed E-state index contributed by atoms with van der Waals surface area (Å²) >= 11 is 0. The van der Waals surface area contributed by atoms with E-state index in [0.29, 0.717) is 23.8 Å². The highest BCUT2D eigenvalue weighted by Gasteiger charge is 2.54. The first-order valence-corrected chi connectivity index (χ1v) is 14.9. The molecule has 3 aliphatic rings. The number of fused-ring (bicyclic) bond motifs is 1. The molecular weight excluding hydrogens is 463 g/mol. The molecule has 3 aliphatic carbocycles. The molecule has 3 fully saturated rings. The predicted molar refractivity (Wildman–Crippen MR) is 152 cm³/mol. The summed E-state index contributed by atoms with van der Waals surface area (Å²) in [6, 6.07) is 0. The SMILES string of the molecule is C=C1C(=CC=C2CCC[C@@]3(C)C2CCC3C(C)(CCCC(C)(C)O)CCCC(C)(C)O)CC(O)C[C@@H]1F. The first-order chi connectivity index (χ1) is 17.0. The number of alkyl halides is 1. The standard InChI is InChI=1S/C33H55FO3/c1-23-25(21-26(35)22-28(23)34)13-12-24-11-8-20-33(7)27(24)14-15-29(33)32(6,18-9-16-30(2,3)36)19-10-17-31(4,5)37/h12-13,26-29,35-37H,1,8-11,14-22H2,2-7H3/t26?,27?,28-,29?,33-/m0/s1. The maximum atomic E-state index is 14.3. The Morgan fingerprint density at radius 1 is 0.973 bits per heavy atom. The molecular formula is C33H55FO3. The van der Waals surface area contributed by atoms with Gasteiger partial charge in [0.15, 0.2) is 0 Å². The van der Waals surface area contributed by atoms with Gasteiger partial charge in [0.25, 0.3) is 0 Å². The van der Waals surface area contributed by atoms with E-state index in [9.17, 15) is 19.7 Å². The van der Waals surface area contributed by atoms with E-state index in [-0.39, 0.29) is 17.3 Å². The van der Waals surface area contributed by atoms with Crippen molar-refractivity contribution in [1.82, 2.24) is 0 Å². The van der Waals surface area contributed by atoms with E-state index in [2.05, 4.69) is 32.6 Å². The van der Waals surface area contributed by atoms with Crippen LogP contribution in [0.3, 0.4) is 0 Å². The zero-order valence-electron chi connectivity index (χ0n) is 24.6. The van der Waals surface area contributed by atoms with Gasteiger partial charge >= 0.3 is 0 Å². The quantitative estimate of drug-likeness (QED) is 0.275. The topological polar surface area (TPSA) is 60.7 Å². The van der Waals surface area contributed by atoms with Gasteiger partial charge in [-0.1, -0.05) is 51.0 Å². The van der Waals surface area contributed by atoms with Crippen molar-refractivity contribution in [2.24, 2.45) is 22.7 Å². The fourth-order valence-corrected chi connectivity index (χ4v) is 8.14. The molecule has 3 saturated carbocycles. The molecule has 212 valence electrons. The zero-order valence-corrected chi connectivity index (χ0v) is 24.6. The van der Waals surface area contributed by atoms with E-state index in [1.54, 1.807) is 0 Å². The van der Waals surface area contributed by atoms with Gasteiger partial charge < -0.3 is 15.3 Å². The molecule has 5 atom stereocenters. The van der Waals surface area contributed by atoms with Gasteiger partial charge in [0.2, 0.25) is 0 Å². The lowest BCUT2D eigenvalue weighted by Crippen LogP contribution is -2.41. The van der Waals surface area contributed by atoms with Gasteiger partial charge in [-0.3, -0.25) is 0 Å². The maximum Gasteiger partial charge on any atom is 0.127 e. The molecule has 0 saturated heterocycles. The van der Waals surface area contributed by atoms with Gasteiger partial charge in [0.1, 0.15) is 6.17 Å². The van der Waals surface area contributed by atoms with Crippen LogP contribution in [-0.4, -0.2) is 38.8 Å². The van der Waals surface area contributed by atoms with E-state index in [4.69, 9.17) is 0 Å². The van der Waals surface area contributed by atoms with Crippen LogP contribution in [0.15, 0.2) is 35.5 Å². The Morgan fingerprint density at radius 2 is 1.57 bits per heavy atom. The Hall–Kier alpha value is -0.970. The number of hydrogen-bond donors (Lipinski definition) is 3. The molecule has 0 aliphatic heterocycles. The molecule has 0 spiro atoms. The highest BCUT2D eigenvalue weighted by atomic mass is 19.1. The van der Waals surface area contributed by atoms with Crippen LogP contribution < -0.4 is 0 Å². The minimum Gasteiger partial charge on any atom is -0.393 e. The van der Waals surface area contributed by atoms with Gasteiger partial charge in [-0.15, -0.1) is 0 Å². The van der Waals surface area contributed by atoms with Crippen LogP contribution in [0, 0.1) is 22.7 Å². The first kappa shape index (κ1) is 30.6. The Kier molecular flexibility index (Phi) is 9.62. The van der Waals surface area contributed by atoms with Crippen LogP contribution in [0.1, 0.15) is 125 Å².